The van der Waals surface area contributed by atoms with Crippen LogP contribution in [0.25, 0.3) is 16.6 Å². The minimum atomic E-state index is 0.429. The Labute approximate surface area is 105 Å². The first kappa shape index (κ1) is 10.9. The number of nitrogens with zero attached hydrogens (tertiary/aromatic N) is 3. The Bertz CT molecular complexity index is 700. The molecule has 2 N–H and O–H groups in total. The second kappa shape index (κ2) is 4.23. The normalized spacial score (nSPS) is 11.0. The van der Waals surface area contributed by atoms with Gasteiger partial charge in [0.2, 0.25) is 0 Å². The fraction of sp³-hybridized carbons (Fsp3) is 0.143. The van der Waals surface area contributed by atoms with Gasteiger partial charge >= 0.3 is 0 Å². The minimum absolute atomic E-state index is 0.429. The van der Waals surface area contributed by atoms with Gasteiger partial charge in [-0.05, 0) is 24.6 Å². The fourth-order valence-corrected chi connectivity index (χ4v) is 2.05. The van der Waals surface area contributed by atoms with E-state index in [-0.39, 0.29) is 0 Å². The lowest BCUT2D eigenvalue weighted by Gasteiger charge is -2.08. The fourth-order valence-electron chi connectivity index (χ4n) is 2.05. The van der Waals surface area contributed by atoms with E-state index in [1.54, 1.807) is 0 Å². The first-order valence-corrected chi connectivity index (χ1v) is 5.88. The van der Waals surface area contributed by atoms with Crippen molar-refractivity contribution in [2.45, 2.75) is 13.5 Å². The van der Waals surface area contributed by atoms with Crippen LogP contribution in [0.3, 0.4) is 0 Å². The first-order valence-electron chi connectivity index (χ1n) is 5.88. The van der Waals surface area contributed by atoms with Crippen LogP contribution in [0.15, 0.2) is 42.7 Å². The van der Waals surface area contributed by atoms with Crippen LogP contribution in [-0.4, -0.2) is 14.8 Å². The molecule has 0 saturated heterocycles. The molecule has 0 fully saturated rings. The average Bonchev–Trinajstić information content (AvgIpc) is 2.84. The molecule has 18 heavy (non-hydrogen) atoms. The molecule has 0 aliphatic heterocycles. The maximum atomic E-state index is 5.70. The standard InChI is InChI=1S/C14H14N4/c1-10-8-16-18(9-10)14-6-11(7-15)17-13-5-3-2-4-12(13)14/h2-6,8-9H,7,15H2,1H3. The molecule has 0 radical (unpaired) electrons. The van der Waals surface area contributed by atoms with Crippen LogP contribution in [0, 0.1) is 6.92 Å². The summed E-state index contributed by atoms with van der Waals surface area (Å²) in [5, 5.41) is 5.44. The van der Waals surface area contributed by atoms with Crippen LogP contribution >= 0.6 is 0 Å². The zero-order chi connectivity index (χ0) is 12.5. The summed E-state index contributed by atoms with van der Waals surface area (Å²) in [6, 6.07) is 10.0. The number of benzene rings is 1. The molecule has 0 saturated carbocycles. The van der Waals surface area contributed by atoms with Gasteiger partial charge in [-0.2, -0.15) is 5.10 Å². The molecular formula is C14H14N4. The monoisotopic (exact) mass is 238 g/mol. The van der Waals surface area contributed by atoms with E-state index in [0.717, 1.165) is 27.8 Å². The summed E-state index contributed by atoms with van der Waals surface area (Å²) in [7, 11) is 0. The van der Waals surface area contributed by atoms with E-state index in [1.165, 1.54) is 0 Å². The van der Waals surface area contributed by atoms with E-state index in [1.807, 2.05) is 48.3 Å². The summed E-state index contributed by atoms with van der Waals surface area (Å²) in [6.45, 7) is 2.45. The largest absolute Gasteiger partial charge is 0.325 e. The molecule has 3 rings (SSSR count). The van der Waals surface area contributed by atoms with Gasteiger partial charge in [-0.25, -0.2) is 4.68 Å². The van der Waals surface area contributed by atoms with E-state index in [9.17, 15) is 0 Å². The Balaban J connectivity index is 2.32. The molecule has 0 aliphatic carbocycles. The molecule has 0 spiro atoms. The zero-order valence-corrected chi connectivity index (χ0v) is 10.2. The van der Waals surface area contributed by atoms with Gasteiger partial charge < -0.3 is 5.73 Å². The van der Waals surface area contributed by atoms with Crippen molar-refractivity contribution in [2.24, 2.45) is 5.73 Å². The van der Waals surface area contributed by atoms with E-state index in [0.29, 0.717) is 6.54 Å². The molecule has 1 aromatic carbocycles. The lowest BCUT2D eigenvalue weighted by Crippen LogP contribution is -2.04. The topological polar surface area (TPSA) is 56.7 Å². The van der Waals surface area contributed by atoms with Crippen LogP contribution in [0.4, 0.5) is 0 Å². The highest BCUT2D eigenvalue weighted by atomic mass is 15.3. The van der Waals surface area contributed by atoms with Gasteiger partial charge in [-0.1, -0.05) is 18.2 Å². The van der Waals surface area contributed by atoms with Crippen molar-refractivity contribution in [1.29, 1.82) is 0 Å². The van der Waals surface area contributed by atoms with Gasteiger partial charge in [0.1, 0.15) is 0 Å². The molecule has 0 atom stereocenters. The van der Waals surface area contributed by atoms with E-state index in [2.05, 4.69) is 16.1 Å². The van der Waals surface area contributed by atoms with Crippen LogP contribution in [-0.2, 0) is 6.54 Å². The smallest absolute Gasteiger partial charge is 0.0758 e. The van der Waals surface area contributed by atoms with Crippen molar-refractivity contribution < 1.29 is 0 Å². The highest BCUT2D eigenvalue weighted by molar-refractivity contribution is 5.87. The highest BCUT2D eigenvalue weighted by Crippen LogP contribution is 2.21. The third kappa shape index (κ3) is 1.76. The Hall–Kier alpha value is -2.20. The van der Waals surface area contributed by atoms with Gasteiger partial charge in [-0.3, -0.25) is 4.98 Å². The van der Waals surface area contributed by atoms with Gasteiger partial charge in [0.15, 0.2) is 0 Å². The Kier molecular flexibility index (Phi) is 2.57. The summed E-state index contributed by atoms with van der Waals surface area (Å²) in [5.74, 6) is 0. The third-order valence-corrected chi connectivity index (χ3v) is 2.92. The van der Waals surface area contributed by atoms with Crippen molar-refractivity contribution in [3.8, 4) is 5.69 Å². The maximum Gasteiger partial charge on any atom is 0.0758 e. The molecule has 2 heterocycles. The SMILES string of the molecule is Cc1cnn(-c2cc(CN)nc3ccccc23)c1. The molecule has 0 bridgehead atoms. The van der Waals surface area contributed by atoms with Crippen LogP contribution < -0.4 is 5.73 Å². The second-order valence-corrected chi connectivity index (χ2v) is 4.32. The van der Waals surface area contributed by atoms with E-state index in [4.69, 9.17) is 5.73 Å². The van der Waals surface area contributed by atoms with E-state index < -0.39 is 0 Å². The third-order valence-electron chi connectivity index (χ3n) is 2.92. The van der Waals surface area contributed by atoms with Crippen LogP contribution in [0.5, 0.6) is 0 Å². The van der Waals surface area contributed by atoms with Crippen molar-refractivity contribution in [1.82, 2.24) is 14.8 Å². The first-order chi connectivity index (χ1) is 8.78. The minimum Gasteiger partial charge on any atom is -0.325 e. The second-order valence-electron chi connectivity index (χ2n) is 4.32. The summed E-state index contributed by atoms with van der Waals surface area (Å²) in [4.78, 5) is 4.52. The van der Waals surface area contributed by atoms with Crippen molar-refractivity contribution in [3.63, 3.8) is 0 Å². The lowest BCUT2D eigenvalue weighted by atomic mass is 10.1. The number of nitrogens with two attached hydrogens (primary N) is 1. The molecule has 3 aromatic rings. The van der Waals surface area contributed by atoms with Crippen molar-refractivity contribution >= 4 is 10.9 Å². The number of fused-ring (bicyclic) bond motifs is 1. The zero-order valence-electron chi connectivity index (χ0n) is 10.2. The number of aryl methyl sites for hydroxylation is 1. The van der Waals surface area contributed by atoms with Gasteiger partial charge in [0.05, 0.1) is 23.1 Å². The molecule has 90 valence electrons. The molecule has 4 nitrogen and oxygen atoms in total. The molecule has 4 heteroatoms. The Morgan fingerprint density at radius 2 is 2.11 bits per heavy atom. The maximum absolute atomic E-state index is 5.70. The number of para-hydroxylation sites is 1. The number of rotatable bonds is 2. The van der Waals surface area contributed by atoms with Gasteiger partial charge in [-0.15, -0.1) is 0 Å². The molecule has 0 amide bonds. The Morgan fingerprint density at radius 1 is 1.28 bits per heavy atom. The quantitative estimate of drug-likeness (QED) is 0.744. The molecular weight excluding hydrogens is 224 g/mol. The predicted octanol–water partition coefficient (Wildman–Crippen LogP) is 2.19. The van der Waals surface area contributed by atoms with Crippen molar-refractivity contribution in [2.75, 3.05) is 0 Å². The molecule has 0 aliphatic rings. The van der Waals surface area contributed by atoms with Gasteiger partial charge in [0, 0.05) is 18.1 Å². The summed E-state index contributed by atoms with van der Waals surface area (Å²) >= 11 is 0. The number of hydrogen-bond donors (Lipinski definition) is 1. The van der Waals surface area contributed by atoms with Crippen molar-refractivity contribution in [3.05, 3.63) is 54.0 Å². The number of pyridine rings is 1. The number of aromatic nitrogens is 3. The average molecular weight is 238 g/mol. The summed E-state index contributed by atoms with van der Waals surface area (Å²) in [5.41, 5.74) is 9.67. The lowest BCUT2D eigenvalue weighted by molar-refractivity contribution is 0.878. The predicted molar refractivity (Wildman–Crippen MR) is 71.5 cm³/mol. The highest BCUT2D eigenvalue weighted by Gasteiger charge is 2.07. The van der Waals surface area contributed by atoms with Crippen LogP contribution in [0.2, 0.25) is 0 Å². The molecule has 2 aromatic heterocycles. The summed E-state index contributed by atoms with van der Waals surface area (Å²) in [6.07, 6.45) is 3.85. The summed E-state index contributed by atoms with van der Waals surface area (Å²) < 4.78 is 1.87. The Morgan fingerprint density at radius 3 is 2.83 bits per heavy atom. The number of hydrogen-bond acceptors (Lipinski definition) is 3. The van der Waals surface area contributed by atoms with E-state index >= 15 is 0 Å². The van der Waals surface area contributed by atoms with Crippen LogP contribution in [0.1, 0.15) is 11.3 Å². The molecule has 0 unspecified atom stereocenters. The van der Waals surface area contributed by atoms with Gasteiger partial charge in [0.25, 0.3) is 0 Å².